The monoisotopic (exact) mass is 198 g/mol. The molecule has 3 nitrogen and oxygen atoms in total. The molecule has 2 aliphatic carbocycles. The summed E-state index contributed by atoms with van der Waals surface area (Å²) in [6.07, 6.45) is 0. The summed E-state index contributed by atoms with van der Waals surface area (Å²) in [5, 5.41) is 0.743. The lowest BCUT2D eigenvalue weighted by Gasteiger charge is -1.86. The quantitative estimate of drug-likeness (QED) is 0.691. The van der Waals surface area contributed by atoms with E-state index in [4.69, 9.17) is 0 Å². The molecule has 0 saturated heterocycles. The van der Waals surface area contributed by atoms with Crippen molar-refractivity contribution in [2.75, 3.05) is 7.11 Å². The van der Waals surface area contributed by atoms with Gasteiger partial charge in [-0.2, -0.15) is 8.42 Å². The maximum Gasteiger partial charge on any atom is 0.289 e. The Morgan fingerprint density at radius 2 is 1.92 bits per heavy atom. The number of hydrogen-bond acceptors (Lipinski definition) is 3. The second-order valence-electron chi connectivity index (χ2n) is 2.41. The molecule has 2 aliphatic rings. The predicted molar refractivity (Wildman–Crippen MR) is 51.6 cm³/mol. The van der Waals surface area contributed by atoms with Crippen LogP contribution >= 0.6 is 0 Å². The van der Waals surface area contributed by atoms with Gasteiger partial charge < -0.3 is 0 Å². The Morgan fingerprint density at radius 1 is 1.38 bits per heavy atom. The van der Waals surface area contributed by atoms with Crippen LogP contribution in [0.15, 0.2) is 36.3 Å². The van der Waals surface area contributed by atoms with E-state index in [1.54, 1.807) is 0 Å². The van der Waals surface area contributed by atoms with Gasteiger partial charge in [0, 0.05) is 0 Å². The Labute approximate surface area is 77.8 Å². The van der Waals surface area contributed by atoms with E-state index in [9.17, 15) is 8.42 Å². The summed E-state index contributed by atoms with van der Waals surface area (Å²) in [5.41, 5.74) is 2.85. The third-order valence-electron chi connectivity index (χ3n) is 1.55. The Bertz CT molecular complexity index is 389. The van der Waals surface area contributed by atoms with Gasteiger partial charge in [0.05, 0.1) is 12.5 Å². The Balaban J connectivity index is 0.000000130. The minimum atomic E-state index is -3.39. The van der Waals surface area contributed by atoms with Crippen LogP contribution in [0.25, 0.3) is 11.1 Å². The lowest BCUT2D eigenvalue weighted by molar-refractivity contribution is 0.406. The van der Waals surface area contributed by atoms with Gasteiger partial charge in [-0.3, -0.25) is 4.18 Å². The minimum absolute atomic E-state index is 0.743. The Kier molecular flexibility index (Phi) is 2.85. The molecule has 0 aliphatic heterocycles. The van der Waals surface area contributed by atoms with Crippen LogP contribution in [-0.4, -0.2) is 15.5 Å². The third-order valence-corrected chi connectivity index (χ3v) is 2.42. The zero-order valence-electron chi connectivity index (χ0n) is 7.23. The van der Waals surface area contributed by atoms with Gasteiger partial charge in [-0.25, -0.2) is 0 Å². The lowest BCUT2D eigenvalue weighted by atomic mass is 10.6. The Morgan fingerprint density at radius 3 is 2.00 bits per heavy atom. The second-order valence-corrected chi connectivity index (χ2v) is 4.06. The van der Waals surface area contributed by atoms with Gasteiger partial charge in [-0.1, -0.05) is 24.8 Å². The number of fused-ring (bicyclic) bond motifs is 1. The molecule has 0 aromatic heterocycles. The molecule has 0 amide bonds. The molecule has 0 aromatic carbocycles. The fourth-order valence-electron chi connectivity index (χ4n) is 0.744. The van der Waals surface area contributed by atoms with Crippen LogP contribution in [0.1, 0.15) is 0 Å². The van der Waals surface area contributed by atoms with Crippen molar-refractivity contribution >= 4 is 10.1 Å². The zero-order valence-corrected chi connectivity index (χ0v) is 8.04. The highest BCUT2D eigenvalue weighted by atomic mass is 32.2. The van der Waals surface area contributed by atoms with Gasteiger partial charge in [-0.05, 0) is 17.2 Å². The van der Waals surface area contributed by atoms with Crippen molar-refractivity contribution in [2.45, 2.75) is 0 Å². The van der Waals surface area contributed by atoms with Crippen molar-refractivity contribution in [1.29, 1.82) is 0 Å². The van der Waals surface area contributed by atoms with Crippen LogP contribution in [0.5, 0.6) is 0 Å². The molecule has 0 saturated carbocycles. The van der Waals surface area contributed by atoms with Crippen molar-refractivity contribution in [3.05, 3.63) is 36.3 Å². The number of hydrogen-bond donors (Lipinski definition) is 0. The molecule has 13 heavy (non-hydrogen) atoms. The number of benzene rings is 1. The summed E-state index contributed by atoms with van der Waals surface area (Å²) in [6, 6.07) is 8.48. The van der Waals surface area contributed by atoms with Crippen molar-refractivity contribution in [3.63, 3.8) is 0 Å². The fourth-order valence-corrected chi connectivity index (χ4v) is 0.880. The fraction of sp³-hybridized carbons (Fsp3) is 0.111. The minimum Gasteiger partial charge on any atom is -0.270 e. The topological polar surface area (TPSA) is 43.4 Å². The predicted octanol–water partition coefficient (Wildman–Crippen LogP) is 1.77. The molecule has 2 rings (SSSR count). The molecule has 0 atom stereocenters. The first-order valence-corrected chi connectivity index (χ1v) is 5.09. The second kappa shape index (κ2) is 3.72. The maximum absolute atomic E-state index is 10.0. The van der Waals surface area contributed by atoms with Crippen LogP contribution in [0.2, 0.25) is 0 Å². The van der Waals surface area contributed by atoms with Gasteiger partial charge >= 0.3 is 0 Å². The molecule has 0 heterocycles. The number of rotatable bonds is 2. The first kappa shape index (κ1) is 9.95. The van der Waals surface area contributed by atoms with E-state index < -0.39 is 10.1 Å². The largest absolute Gasteiger partial charge is 0.289 e. The summed E-state index contributed by atoms with van der Waals surface area (Å²) in [5.74, 6) is 0. The van der Waals surface area contributed by atoms with Crippen LogP contribution < -0.4 is 0 Å². The van der Waals surface area contributed by atoms with Gasteiger partial charge in [0.25, 0.3) is 10.1 Å². The van der Waals surface area contributed by atoms with Gasteiger partial charge in [-0.15, -0.1) is 0 Å². The van der Waals surface area contributed by atoms with E-state index >= 15 is 0 Å². The summed E-state index contributed by atoms with van der Waals surface area (Å²) < 4.78 is 24.0. The van der Waals surface area contributed by atoms with Crippen molar-refractivity contribution in [3.8, 4) is 11.1 Å². The normalized spacial score (nSPS) is 11.2. The Hall–Kier alpha value is -1.13. The van der Waals surface area contributed by atoms with Crippen LogP contribution in [0, 0.1) is 0 Å². The standard InChI is InChI=1S/C6H4.C3H6O3S/c1-2-5-4-6(5)3-1;1-3-7(4,5)6-2/h1-4H;3H,1H2,2H3. The summed E-state index contributed by atoms with van der Waals surface area (Å²) in [7, 11) is -2.31. The van der Waals surface area contributed by atoms with E-state index in [1.807, 2.05) is 0 Å². The molecule has 0 aromatic rings. The molecule has 0 N–H and O–H groups in total. The van der Waals surface area contributed by atoms with Gasteiger partial charge in [0.15, 0.2) is 0 Å². The molecule has 0 unspecified atom stereocenters. The van der Waals surface area contributed by atoms with Crippen molar-refractivity contribution in [2.24, 2.45) is 0 Å². The highest BCUT2D eigenvalue weighted by Gasteiger charge is 2.06. The average Bonchev–Trinajstić information content (AvgIpc) is 2.75. The molecule has 0 bridgehead atoms. The molecule has 0 radical (unpaired) electrons. The van der Waals surface area contributed by atoms with E-state index in [-0.39, 0.29) is 0 Å². The molecule has 0 fully saturated rings. The lowest BCUT2D eigenvalue weighted by Crippen LogP contribution is -1.94. The van der Waals surface area contributed by atoms with Gasteiger partial charge in [0.1, 0.15) is 0 Å². The summed E-state index contributed by atoms with van der Waals surface area (Å²) >= 11 is 0. The smallest absolute Gasteiger partial charge is 0.270 e. The van der Waals surface area contributed by atoms with E-state index in [0.29, 0.717) is 0 Å². The first-order chi connectivity index (χ1) is 6.09. The van der Waals surface area contributed by atoms with Crippen molar-refractivity contribution in [1.82, 2.24) is 0 Å². The van der Waals surface area contributed by atoms with Crippen LogP contribution in [-0.2, 0) is 14.3 Å². The molecule has 70 valence electrons. The van der Waals surface area contributed by atoms with Crippen LogP contribution in [0.3, 0.4) is 0 Å². The van der Waals surface area contributed by atoms with Crippen LogP contribution in [0.4, 0.5) is 0 Å². The van der Waals surface area contributed by atoms with E-state index in [1.165, 1.54) is 11.1 Å². The zero-order chi connectivity index (χ0) is 9.90. The molecule has 0 spiro atoms. The third kappa shape index (κ3) is 3.01. The first-order valence-electron chi connectivity index (χ1n) is 3.62. The SMILES string of the molecule is C=CS(=O)(=O)OC.c1cc2cc-2c1. The van der Waals surface area contributed by atoms with Crippen molar-refractivity contribution < 1.29 is 12.6 Å². The summed E-state index contributed by atoms with van der Waals surface area (Å²) in [6.45, 7) is 2.99. The van der Waals surface area contributed by atoms with E-state index in [0.717, 1.165) is 12.5 Å². The molecule has 4 heteroatoms. The maximum atomic E-state index is 10.0. The average molecular weight is 198 g/mol. The summed E-state index contributed by atoms with van der Waals surface area (Å²) in [4.78, 5) is 0. The molecular weight excluding hydrogens is 188 g/mol. The highest BCUT2D eigenvalue weighted by molar-refractivity contribution is 7.89. The van der Waals surface area contributed by atoms with Gasteiger partial charge in [0.2, 0.25) is 0 Å². The van der Waals surface area contributed by atoms with E-state index in [2.05, 4.69) is 35.0 Å². The molecular formula is C9H10O3S. The highest BCUT2D eigenvalue weighted by Crippen LogP contribution is 2.32.